The van der Waals surface area contributed by atoms with Crippen LogP contribution in [0.2, 0.25) is 0 Å². The van der Waals surface area contributed by atoms with Gasteiger partial charge in [-0.1, -0.05) is 38.1 Å². The number of aryl methyl sites for hydroxylation is 1. The Bertz CT molecular complexity index is 1220. The van der Waals surface area contributed by atoms with Gasteiger partial charge in [0.25, 0.3) is 0 Å². The average Bonchev–Trinajstić information content (AvgIpc) is 3.35. The fraction of sp³-hybridized carbons (Fsp3) is 0.481. The van der Waals surface area contributed by atoms with E-state index in [9.17, 15) is 18.0 Å². The van der Waals surface area contributed by atoms with Crippen molar-refractivity contribution in [1.29, 1.82) is 0 Å². The number of amides is 2. The summed E-state index contributed by atoms with van der Waals surface area (Å²) < 4.78 is 38.1. The highest BCUT2D eigenvalue weighted by Gasteiger charge is 2.33. The predicted octanol–water partition coefficient (Wildman–Crippen LogP) is 3.60. The summed E-state index contributed by atoms with van der Waals surface area (Å²) in [6, 6.07) is 11.6. The molecule has 1 aliphatic heterocycles. The maximum atomic E-state index is 13.9. The summed E-state index contributed by atoms with van der Waals surface area (Å²) in [6.45, 7) is 8.98. The van der Waals surface area contributed by atoms with Crippen LogP contribution in [0.1, 0.15) is 51.7 Å². The van der Waals surface area contributed by atoms with Crippen LogP contribution in [-0.2, 0) is 26.2 Å². The van der Waals surface area contributed by atoms with Gasteiger partial charge < -0.3 is 19.7 Å². The van der Waals surface area contributed by atoms with Gasteiger partial charge in [0.1, 0.15) is 12.6 Å². The Morgan fingerprint density at radius 2 is 1.73 bits per heavy atom. The number of rotatable bonds is 12. The van der Waals surface area contributed by atoms with Gasteiger partial charge >= 0.3 is 0 Å². The molecular weight excluding hydrogens is 494 g/mol. The number of anilines is 1. The molecule has 0 aromatic heterocycles. The molecule has 2 atom stereocenters. The van der Waals surface area contributed by atoms with Crippen LogP contribution >= 0.6 is 0 Å². The van der Waals surface area contributed by atoms with Gasteiger partial charge in [-0.15, -0.1) is 0 Å². The van der Waals surface area contributed by atoms with Gasteiger partial charge in [-0.2, -0.15) is 0 Å². The quantitative estimate of drug-likeness (QED) is 0.449. The van der Waals surface area contributed by atoms with Crippen LogP contribution in [0.15, 0.2) is 42.5 Å². The molecule has 0 unspecified atom stereocenters. The highest BCUT2D eigenvalue weighted by molar-refractivity contribution is 7.92. The van der Waals surface area contributed by atoms with Crippen LogP contribution in [0, 0.1) is 6.92 Å². The van der Waals surface area contributed by atoms with E-state index in [1.807, 2.05) is 52.0 Å². The molecule has 0 saturated heterocycles. The lowest BCUT2D eigenvalue weighted by Crippen LogP contribution is -2.53. The van der Waals surface area contributed by atoms with Gasteiger partial charge in [-0.25, -0.2) is 8.42 Å². The van der Waals surface area contributed by atoms with Gasteiger partial charge in [0.05, 0.1) is 11.4 Å². The van der Waals surface area contributed by atoms with E-state index in [1.54, 1.807) is 18.2 Å². The SMILES string of the molecule is CC[C@H](C)NC(=O)[C@H](CC)N(Cc1ccccc1C)C(=O)CN(c1ccc2c(c1)OCO2)S(=O)(=O)CC. The smallest absolute Gasteiger partial charge is 0.244 e. The lowest BCUT2D eigenvalue weighted by atomic mass is 10.1. The number of carbonyl (C=O) groups is 2. The Balaban J connectivity index is 1.98. The van der Waals surface area contributed by atoms with Crippen molar-refractivity contribution in [2.45, 2.75) is 66.1 Å². The van der Waals surface area contributed by atoms with Crippen molar-refractivity contribution >= 4 is 27.5 Å². The first kappa shape index (κ1) is 28.3. The van der Waals surface area contributed by atoms with Gasteiger partial charge in [0.15, 0.2) is 11.5 Å². The summed E-state index contributed by atoms with van der Waals surface area (Å²) >= 11 is 0. The zero-order valence-electron chi connectivity index (χ0n) is 22.2. The maximum Gasteiger partial charge on any atom is 0.244 e. The minimum absolute atomic E-state index is 0.0475. The Morgan fingerprint density at radius 1 is 1.03 bits per heavy atom. The van der Waals surface area contributed by atoms with E-state index in [-0.39, 0.29) is 31.0 Å². The molecule has 3 rings (SSSR count). The minimum atomic E-state index is -3.83. The zero-order valence-corrected chi connectivity index (χ0v) is 23.0. The Labute approximate surface area is 219 Å². The average molecular weight is 532 g/mol. The molecule has 0 fully saturated rings. The molecule has 0 saturated carbocycles. The molecule has 10 heteroatoms. The number of benzene rings is 2. The number of sulfonamides is 1. The third-order valence-corrected chi connectivity index (χ3v) is 8.35. The number of carbonyl (C=O) groups excluding carboxylic acids is 2. The standard InChI is InChI=1S/C27H37N3O6S/c1-6-20(5)28-27(32)23(7-2)29(16-21-12-10-9-11-19(21)4)26(31)17-30(37(33,34)8-3)22-13-14-24-25(15-22)36-18-35-24/h9-15,20,23H,6-8,16-18H2,1-5H3,(H,28,32)/t20-,23-/m0/s1. The molecule has 1 heterocycles. The monoisotopic (exact) mass is 531 g/mol. The fourth-order valence-corrected chi connectivity index (χ4v) is 5.15. The first-order chi connectivity index (χ1) is 17.6. The molecule has 0 aliphatic carbocycles. The molecule has 9 nitrogen and oxygen atoms in total. The lowest BCUT2D eigenvalue weighted by Gasteiger charge is -2.34. The van der Waals surface area contributed by atoms with Crippen molar-refractivity contribution in [3.05, 3.63) is 53.6 Å². The van der Waals surface area contributed by atoms with Gasteiger partial charge in [-0.3, -0.25) is 13.9 Å². The first-order valence-electron chi connectivity index (χ1n) is 12.7. The topological polar surface area (TPSA) is 105 Å². The number of hydrogen-bond donors (Lipinski definition) is 1. The molecule has 37 heavy (non-hydrogen) atoms. The molecular formula is C27H37N3O6S. The van der Waals surface area contributed by atoms with E-state index >= 15 is 0 Å². The first-order valence-corrected chi connectivity index (χ1v) is 14.3. The highest BCUT2D eigenvalue weighted by atomic mass is 32.2. The van der Waals surface area contributed by atoms with Crippen LogP contribution in [0.5, 0.6) is 11.5 Å². The van der Waals surface area contributed by atoms with Crippen LogP contribution in [0.3, 0.4) is 0 Å². The molecule has 2 amide bonds. The molecule has 2 aromatic carbocycles. The van der Waals surface area contributed by atoms with E-state index in [0.717, 1.165) is 21.9 Å². The molecule has 202 valence electrons. The van der Waals surface area contributed by atoms with Crippen LogP contribution in [-0.4, -0.2) is 56.3 Å². The second-order valence-electron chi connectivity index (χ2n) is 9.13. The summed E-state index contributed by atoms with van der Waals surface area (Å²) in [7, 11) is -3.83. The minimum Gasteiger partial charge on any atom is -0.454 e. The Kier molecular flexibility index (Phi) is 9.42. The second-order valence-corrected chi connectivity index (χ2v) is 11.3. The molecule has 1 N–H and O–H groups in total. The fourth-order valence-electron chi connectivity index (χ4n) is 4.09. The van der Waals surface area contributed by atoms with Crippen LogP contribution in [0.25, 0.3) is 0 Å². The van der Waals surface area contributed by atoms with E-state index in [2.05, 4.69) is 5.32 Å². The largest absolute Gasteiger partial charge is 0.454 e. The molecule has 2 aromatic rings. The third-order valence-electron chi connectivity index (χ3n) is 6.61. The zero-order chi connectivity index (χ0) is 27.2. The number of nitrogens with one attached hydrogen (secondary N) is 1. The van der Waals surface area contributed by atoms with E-state index in [4.69, 9.17) is 9.47 Å². The molecule has 1 aliphatic rings. The maximum absolute atomic E-state index is 13.9. The summed E-state index contributed by atoms with van der Waals surface area (Å²) in [4.78, 5) is 28.6. The summed E-state index contributed by atoms with van der Waals surface area (Å²) in [5.74, 6) is 0.00389. The van der Waals surface area contributed by atoms with Crippen LogP contribution < -0.4 is 19.1 Å². The van der Waals surface area contributed by atoms with E-state index in [0.29, 0.717) is 23.6 Å². The van der Waals surface area contributed by atoms with Crippen molar-refractivity contribution in [2.75, 3.05) is 23.4 Å². The van der Waals surface area contributed by atoms with Gasteiger partial charge in [0.2, 0.25) is 28.6 Å². The van der Waals surface area contributed by atoms with Crippen molar-refractivity contribution in [3.8, 4) is 11.5 Å². The number of ether oxygens (including phenoxy) is 2. The highest BCUT2D eigenvalue weighted by Crippen LogP contribution is 2.36. The van der Waals surface area contributed by atoms with Crippen molar-refractivity contribution in [1.82, 2.24) is 10.2 Å². The van der Waals surface area contributed by atoms with Crippen LogP contribution in [0.4, 0.5) is 5.69 Å². The van der Waals surface area contributed by atoms with Gasteiger partial charge in [0, 0.05) is 18.7 Å². The number of hydrogen-bond acceptors (Lipinski definition) is 6. The summed E-state index contributed by atoms with van der Waals surface area (Å²) in [5, 5.41) is 2.98. The van der Waals surface area contributed by atoms with E-state index in [1.165, 1.54) is 11.8 Å². The number of fused-ring (bicyclic) bond motifs is 1. The van der Waals surface area contributed by atoms with Crippen molar-refractivity contribution in [3.63, 3.8) is 0 Å². The molecule has 0 bridgehead atoms. The van der Waals surface area contributed by atoms with E-state index < -0.39 is 28.5 Å². The predicted molar refractivity (Wildman–Crippen MR) is 143 cm³/mol. The normalized spacial score (nSPS) is 14.1. The molecule has 0 spiro atoms. The Morgan fingerprint density at radius 3 is 2.38 bits per heavy atom. The van der Waals surface area contributed by atoms with Crippen molar-refractivity contribution in [2.24, 2.45) is 0 Å². The van der Waals surface area contributed by atoms with Crippen molar-refractivity contribution < 1.29 is 27.5 Å². The number of nitrogens with zero attached hydrogens (tertiary/aromatic N) is 2. The second kappa shape index (κ2) is 12.3. The Hall–Kier alpha value is -3.27. The van der Waals surface area contributed by atoms with Gasteiger partial charge in [-0.05, 0) is 56.9 Å². The summed E-state index contributed by atoms with van der Waals surface area (Å²) in [6.07, 6.45) is 1.13. The lowest BCUT2D eigenvalue weighted by molar-refractivity contribution is -0.140. The third kappa shape index (κ3) is 6.74. The molecule has 0 radical (unpaired) electrons. The summed E-state index contributed by atoms with van der Waals surface area (Å²) in [5.41, 5.74) is 2.16.